The maximum Gasteiger partial charge on any atom is 0.229 e. The van der Waals surface area contributed by atoms with Gasteiger partial charge in [0.2, 0.25) is 5.91 Å². The smallest absolute Gasteiger partial charge is 0.229 e. The van der Waals surface area contributed by atoms with Gasteiger partial charge in [-0.05, 0) is 19.1 Å². The van der Waals surface area contributed by atoms with Gasteiger partial charge in [0, 0.05) is 4.90 Å². The number of aliphatic hydroxyl groups excluding tert-OH is 1. The predicted octanol–water partition coefficient (Wildman–Crippen LogP) is 1.23. The molecule has 3 unspecified atom stereocenters. The second-order valence-electron chi connectivity index (χ2n) is 3.63. The molecule has 2 rings (SSSR count). The summed E-state index contributed by atoms with van der Waals surface area (Å²) in [6.07, 6.45) is -0.583. The van der Waals surface area contributed by atoms with E-state index in [0.29, 0.717) is 0 Å². The van der Waals surface area contributed by atoms with Crippen molar-refractivity contribution in [3.8, 4) is 0 Å². The Hall–Kier alpha value is -1.00. The number of hydrogen-bond donors (Lipinski definition) is 2. The molecule has 0 saturated carbocycles. The Kier molecular flexibility index (Phi) is 2.98. The summed E-state index contributed by atoms with van der Waals surface area (Å²) < 4.78 is 0. The Balaban J connectivity index is 2.00. The van der Waals surface area contributed by atoms with E-state index in [4.69, 9.17) is 0 Å². The average Bonchev–Trinajstić information content (AvgIpc) is 2.17. The van der Waals surface area contributed by atoms with Crippen LogP contribution in [0, 0.1) is 5.92 Å². The molecule has 1 aliphatic rings. The van der Waals surface area contributed by atoms with Gasteiger partial charge in [0.1, 0.15) is 0 Å². The molecule has 0 aliphatic carbocycles. The maximum atomic E-state index is 11.2. The fourth-order valence-electron chi connectivity index (χ4n) is 1.59. The van der Waals surface area contributed by atoms with Gasteiger partial charge in [0.15, 0.2) is 0 Å². The van der Waals surface area contributed by atoms with Gasteiger partial charge in [-0.25, -0.2) is 0 Å². The molecule has 15 heavy (non-hydrogen) atoms. The predicted molar refractivity (Wildman–Crippen MR) is 59.4 cm³/mol. The largest absolute Gasteiger partial charge is 0.392 e. The Bertz CT molecular complexity index is 353. The van der Waals surface area contributed by atoms with E-state index >= 15 is 0 Å². The molecule has 1 aromatic carbocycles. The van der Waals surface area contributed by atoms with Crippen LogP contribution in [0.4, 0.5) is 0 Å². The molecule has 0 spiro atoms. The van der Waals surface area contributed by atoms with E-state index in [2.05, 4.69) is 5.32 Å². The third kappa shape index (κ3) is 2.16. The van der Waals surface area contributed by atoms with Crippen molar-refractivity contribution in [3.05, 3.63) is 30.3 Å². The van der Waals surface area contributed by atoms with Crippen LogP contribution in [0.2, 0.25) is 0 Å². The van der Waals surface area contributed by atoms with Crippen LogP contribution in [-0.2, 0) is 4.79 Å². The molecule has 1 fully saturated rings. The molecular formula is C11H13NO2S. The summed E-state index contributed by atoms with van der Waals surface area (Å²) in [5, 5.41) is 12.2. The van der Waals surface area contributed by atoms with Gasteiger partial charge in [0.25, 0.3) is 0 Å². The van der Waals surface area contributed by atoms with Crippen LogP contribution in [0.5, 0.6) is 0 Å². The minimum atomic E-state index is -0.583. The number of benzene rings is 1. The van der Waals surface area contributed by atoms with Crippen LogP contribution in [0.3, 0.4) is 0 Å². The number of carbonyl (C=O) groups excluding carboxylic acids is 1. The number of β-lactam (4-membered cyclic amide) rings is 1. The SMILES string of the molecule is CC(O)C1C(=O)NC1Sc1ccccc1. The average molecular weight is 223 g/mol. The molecule has 1 saturated heterocycles. The first kappa shape index (κ1) is 10.5. The van der Waals surface area contributed by atoms with Crippen LogP contribution in [-0.4, -0.2) is 22.5 Å². The molecule has 1 heterocycles. The van der Waals surface area contributed by atoms with Gasteiger partial charge >= 0.3 is 0 Å². The van der Waals surface area contributed by atoms with Crippen LogP contribution in [0.15, 0.2) is 35.2 Å². The quantitative estimate of drug-likeness (QED) is 0.758. The van der Waals surface area contributed by atoms with Gasteiger partial charge in [-0.1, -0.05) is 18.2 Å². The lowest BCUT2D eigenvalue weighted by Crippen LogP contribution is -2.60. The van der Waals surface area contributed by atoms with E-state index in [1.807, 2.05) is 30.3 Å². The second-order valence-corrected chi connectivity index (χ2v) is 4.84. The number of carbonyl (C=O) groups is 1. The highest BCUT2D eigenvalue weighted by Gasteiger charge is 2.42. The standard InChI is InChI=1S/C11H13NO2S/c1-7(13)9-10(14)12-11(9)15-8-5-3-2-4-6-8/h2-7,9,11,13H,1H3,(H,12,14). The van der Waals surface area contributed by atoms with Gasteiger partial charge < -0.3 is 10.4 Å². The Labute approximate surface area is 92.9 Å². The highest BCUT2D eigenvalue weighted by molar-refractivity contribution is 8.00. The first-order valence-corrected chi connectivity index (χ1v) is 5.76. The molecule has 3 nitrogen and oxygen atoms in total. The van der Waals surface area contributed by atoms with Crippen molar-refractivity contribution in [1.29, 1.82) is 0 Å². The molecule has 0 bridgehead atoms. The molecule has 0 radical (unpaired) electrons. The topological polar surface area (TPSA) is 49.3 Å². The Morgan fingerprint density at radius 3 is 2.60 bits per heavy atom. The molecule has 3 atom stereocenters. The molecule has 80 valence electrons. The number of thioether (sulfide) groups is 1. The number of aliphatic hydroxyl groups is 1. The van der Waals surface area contributed by atoms with E-state index in [0.717, 1.165) is 4.90 Å². The minimum Gasteiger partial charge on any atom is -0.392 e. The number of amides is 1. The van der Waals surface area contributed by atoms with Gasteiger partial charge in [0.05, 0.1) is 17.4 Å². The van der Waals surface area contributed by atoms with Crippen molar-refractivity contribution in [2.75, 3.05) is 0 Å². The van der Waals surface area contributed by atoms with Crippen molar-refractivity contribution >= 4 is 17.7 Å². The summed E-state index contributed by atoms with van der Waals surface area (Å²) >= 11 is 1.58. The zero-order valence-electron chi connectivity index (χ0n) is 8.38. The molecule has 2 N–H and O–H groups in total. The van der Waals surface area contributed by atoms with Crippen molar-refractivity contribution in [2.24, 2.45) is 5.92 Å². The minimum absolute atomic E-state index is 0.0000926. The summed E-state index contributed by atoms with van der Waals surface area (Å²) in [7, 11) is 0. The Morgan fingerprint density at radius 1 is 1.40 bits per heavy atom. The number of rotatable bonds is 3. The van der Waals surface area contributed by atoms with E-state index in [1.54, 1.807) is 18.7 Å². The molecule has 0 aromatic heterocycles. The zero-order chi connectivity index (χ0) is 10.8. The third-order valence-electron chi connectivity index (χ3n) is 2.44. The van der Waals surface area contributed by atoms with E-state index in [1.165, 1.54) is 0 Å². The normalized spacial score (nSPS) is 26.7. The fraction of sp³-hybridized carbons (Fsp3) is 0.364. The van der Waals surface area contributed by atoms with Gasteiger partial charge in [-0.3, -0.25) is 4.79 Å². The summed E-state index contributed by atoms with van der Waals surface area (Å²) in [4.78, 5) is 12.3. The molecular weight excluding hydrogens is 210 g/mol. The number of nitrogens with one attached hydrogen (secondary N) is 1. The maximum absolute atomic E-state index is 11.2. The fourth-order valence-corrected chi connectivity index (χ4v) is 2.87. The lowest BCUT2D eigenvalue weighted by Gasteiger charge is -2.37. The summed E-state index contributed by atoms with van der Waals surface area (Å²) in [6, 6.07) is 9.86. The van der Waals surface area contributed by atoms with Crippen LogP contribution in [0.1, 0.15) is 6.92 Å². The first-order valence-electron chi connectivity index (χ1n) is 4.88. The second kappa shape index (κ2) is 4.24. The summed E-state index contributed by atoms with van der Waals surface area (Å²) in [5.74, 6) is -0.339. The molecule has 1 aliphatic heterocycles. The summed E-state index contributed by atoms with van der Waals surface area (Å²) in [5.41, 5.74) is 0. The van der Waals surface area contributed by atoms with E-state index < -0.39 is 6.10 Å². The lowest BCUT2D eigenvalue weighted by atomic mass is 9.96. The van der Waals surface area contributed by atoms with Gasteiger partial charge in [-0.15, -0.1) is 11.8 Å². The molecule has 1 amide bonds. The van der Waals surface area contributed by atoms with Crippen LogP contribution < -0.4 is 5.32 Å². The van der Waals surface area contributed by atoms with E-state index in [9.17, 15) is 9.90 Å². The molecule has 1 aromatic rings. The lowest BCUT2D eigenvalue weighted by molar-refractivity contribution is -0.136. The van der Waals surface area contributed by atoms with Crippen molar-refractivity contribution < 1.29 is 9.90 Å². The highest BCUT2D eigenvalue weighted by atomic mass is 32.2. The van der Waals surface area contributed by atoms with E-state index in [-0.39, 0.29) is 17.2 Å². The third-order valence-corrected chi connectivity index (χ3v) is 3.65. The highest BCUT2D eigenvalue weighted by Crippen LogP contribution is 2.33. The van der Waals surface area contributed by atoms with Gasteiger partial charge in [-0.2, -0.15) is 0 Å². The van der Waals surface area contributed by atoms with Crippen molar-refractivity contribution in [2.45, 2.75) is 23.3 Å². The van der Waals surface area contributed by atoms with Crippen LogP contribution in [0.25, 0.3) is 0 Å². The monoisotopic (exact) mass is 223 g/mol. The summed E-state index contributed by atoms with van der Waals surface area (Å²) in [6.45, 7) is 1.65. The van der Waals surface area contributed by atoms with Crippen molar-refractivity contribution in [3.63, 3.8) is 0 Å². The van der Waals surface area contributed by atoms with Crippen molar-refractivity contribution in [1.82, 2.24) is 5.32 Å². The Morgan fingerprint density at radius 2 is 2.07 bits per heavy atom. The van der Waals surface area contributed by atoms with Crippen LogP contribution >= 0.6 is 11.8 Å². The molecule has 4 heteroatoms. The zero-order valence-corrected chi connectivity index (χ0v) is 9.20. The first-order chi connectivity index (χ1) is 7.18. The number of hydrogen-bond acceptors (Lipinski definition) is 3.